The van der Waals surface area contributed by atoms with Crippen LogP contribution in [-0.2, 0) is 28.6 Å². The molecule has 0 bridgehead atoms. The Morgan fingerprint density at radius 3 is 0.762 bits per heavy atom. The van der Waals surface area contributed by atoms with E-state index in [9.17, 15) is 14.4 Å². The first-order valence-corrected chi connectivity index (χ1v) is 34.6. The maximum absolute atomic E-state index is 12.9. The largest absolute Gasteiger partial charge is 0.462 e. The number of hydrogen-bond donors (Lipinski definition) is 0. The van der Waals surface area contributed by atoms with Crippen LogP contribution in [0.5, 0.6) is 0 Å². The van der Waals surface area contributed by atoms with E-state index in [2.05, 4.69) is 106 Å². The summed E-state index contributed by atoms with van der Waals surface area (Å²) >= 11 is 0. The van der Waals surface area contributed by atoms with Gasteiger partial charge in [0.1, 0.15) is 13.2 Å². The first-order chi connectivity index (χ1) is 39.5. The molecule has 0 saturated heterocycles. The second-order valence-corrected chi connectivity index (χ2v) is 23.1. The zero-order valence-electron chi connectivity index (χ0n) is 53.1. The van der Waals surface area contributed by atoms with E-state index in [1.165, 1.54) is 193 Å². The van der Waals surface area contributed by atoms with Crippen LogP contribution in [0.25, 0.3) is 0 Å². The van der Waals surface area contributed by atoms with E-state index in [-0.39, 0.29) is 31.1 Å². The summed E-state index contributed by atoms with van der Waals surface area (Å²) in [6.45, 7) is 6.55. The minimum Gasteiger partial charge on any atom is -0.462 e. The molecule has 0 aromatic heterocycles. The summed E-state index contributed by atoms with van der Waals surface area (Å²) < 4.78 is 17.0. The summed E-state index contributed by atoms with van der Waals surface area (Å²) in [6.07, 6.45) is 90.3. The van der Waals surface area contributed by atoms with Gasteiger partial charge in [0, 0.05) is 19.3 Å². The van der Waals surface area contributed by atoms with E-state index < -0.39 is 6.10 Å². The number of rotatable bonds is 63. The first kappa shape index (κ1) is 76.6. The van der Waals surface area contributed by atoms with Gasteiger partial charge in [-0.3, -0.25) is 14.4 Å². The number of unbranched alkanes of at least 4 members (excludes halogenated alkanes) is 38. The zero-order valence-corrected chi connectivity index (χ0v) is 53.1. The van der Waals surface area contributed by atoms with Crippen LogP contribution in [0, 0.1) is 0 Å². The number of allylic oxidation sites excluding steroid dienone is 14. The molecule has 1 unspecified atom stereocenters. The predicted molar refractivity (Wildman–Crippen MR) is 348 cm³/mol. The molecule has 6 heteroatoms. The van der Waals surface area contributed by atoms with Crippen LogP contribution < -0.4 is 0 Å². The maximum atomic E-state index is 12.9. The highest BCUT2D eigenvalue weighted by molar-refractivity contribution is 5.71. The maximum Gasteiger partial charge on any atom is 0.306 e. The molecule has 0 amide bonds. The van der Waals surface area contributed by atoms with Crippen LogP contribution >= 0.6 is 0 Å². The zero-order chi connectivity index (χ0) is 57.8. The van der Waals surface area contributed by atoms with Crippen molar-refractivity contribution >= 4 is 17.9 Å². The van der Waals surface area contributed by atoms with Crippen LogP contribution in [0.4, 0.5) is 0 Å². The first-order valence-electron chi connectivity index (χ1n) is 34.6. The van der Waals surface area contributed by atoms with E-state index in [1.54, 1.807) is 0 Å². The van der Waals surface area contributed by atoms with Gasteiger partial charge in [0.05, 0.1) is 0 Å². The molecule has 0 aliphatic heterocycles. The topological polar surface area (TPSA) is 78.9 Å². The van der Waals surface area contributed by atoms with Crippen molar-refractivity contribution in [3.8, 4) is 0 Å². The standard InChI is InChI=1S/C74H130O6/c1-4-7-10-13-16-19-22-25-28-30-32-34-35-36-37-38-39-41-42-44-46-49-52-55-58-61-64-67-73(76)79-70-71(69-78-72(75)66-63-60-57-54-51-48-27-24-21-18-15-12-9-6-3)80-74(77)68-65-62-59-56-53-50-47-45-43-40-33-31-29-26-23-20-17-14-11-8-5-2/h8,11,17,20,22,25-26,29-30,32-33,40,45,47,71H,4-7,9-10,12-16,18-19,21,23-24,27-28,31,34-39,41-44,46,48-70H2,1-3H3/b11-8-,20-17-,25-22-,29-26-,32-30-,40-33-,47-45-. The highest BCUT2D eigenvalue weighted by Gasteiger charge is 2.19. The van der Waals surface area contributed by atoms with Crippen molar-refractivity contribution in [2.45, 2.75) is 354 Å². The third-order valence-electron chi connectivity index (χ3n) is 15.1. The summed E-state index contributed by atoms with van der Waals surface area (Å²) in [4.78, 5) is 38.4. The molecule has 0 saturated carbocycles. The molecule has 0 rings (SSSR count). The van der Waals surface area contributed by atoms with Crippen LogP contribution in [0.15, 0.2) is 85.1 Å². The van der Waals surface area contributed by atoms with Crippen molar-refractivity contribution in [3.05, 3.63) is 85.1 Å². The highest BCUT2D eigenvalue weighted by atomic mass is 16.6. The average Bonchev–Trinajstić information content (AvgIpc) is 3.46. The summed E-state index contributed by atoms with van der Waals surface area (Å²) in [5.74, 6) is -0.882. The van der Waals surface area contributed by atoms with Crippen molar-refractivity contribution in [1.29, 1.82) is 0 Å². The Labute approximate surface area is 496 Å². The number of carbonyl (C=O) groups excluding carboxylic acids is 3. The lowest BCUT2D eigenvalue weighted by atomic mass is 10.0. The van der Waals surface area contributed by atoms with Gasteiger partial charge in [0.15, 0.2) is 6.10 Å². The number of esters is 3. The molecule has 0 aromatic rings. The quantitative estimate of drug-likeness (QED) is 0.0261. The van der Waals surface area contributed by atoms with Crippen molar-refractivity contribution in [2.24, 2.45) is 0 Å². The van der Waals surface area contributed by atoms with Gasteiger partial charge < -0.3 is 14.2 Å². The molecule has 0 aliphatic carbocycles. The third kappa shape index (κ3) is 65.4. The number of ether oxygens (including phenoxy) is 3. The lowest BCUT2D eigenvalue weighted by molar-refractivity contribution is -0.167. The Kier molecular flexibility index (Phi) is 65.2. The van der Waals surface area contributed by atoms with Crippen molar-refractivity contribution in [1.82, 2.24) is 0 Å². The number of hydrogen-bond acceptors (Lipinski definition) is 6. The summed E-state index contributed by atoms with van der Waals surface area (Å²) in [7, 11) is 0. The lowest BCUT2D eigenvalue weighted by Gasteiger charge is -2.18. The van der Waals surface area contributed by atoms with Crippen LogP contribution in [0.1, 0.15) is 348 Å². The molecule has 462 valence electrons. The fourth-order valence-corrected chi connectivity index (χ4v) is 9.97. The average molecular weight is 1120 g/mol. The molecular weight excluding hydrogens is 985 g/mol. The smallest absolute Gasteiger partial charge is 0.306 e. The predicted octanol–water partition coefficient (Wildman–Crippen LogP) is 23.8. The van der Waals surface area contributed by atoms with Crippen molar-refractivity contribution < 1.29 is 28.6 Å². The second kappa shape index (κ2) is 68.1. The molecule has 1 atom stereocenters. The van der Waals surface area contributed by atoms with Gasteiger partial charge in [0.2, 0.25) is 0 Å². The van der Waals surface area contributed by atoms with E-state index in [1.807, 2.05) is 0 Å². The summed E-state index contributed by atoms with van der Waals surface area (Å²) in [5.41, 5.74) is 0. The molecule has 0 heterocycles. The molecule has 0 radical (unpaired) electrons. The molecule has 6 nitrogen and oxygen atoms in total. The highest BCUT2D eigenvalue weighted by Crippen LogP contribution is 2.17. The number of carbonyl (C=O) groups is 3. The van der Waals surface area contributed by atoms with E-state index in [0.29, 0.717) is 19.3 Å². The van der Waals surface area contributed by atoms with Gasteiger partial charge in [-0.05, 0) is 96.3 Å². The molecular formula is C74H130O6. The van der Waals surface area contributed by atoms with Gasteiger partial charge in [-0.2, -0.15) is 0 Å². The fraction of sp³-hybridized carbons (Fsp3) is 0.770. The Hall–Kier alpha value is -3.41. The van der Waals surface area contributed by atoms with Crippen molar-refractivity contribution in [3.63, 3.8) is 0 Å². The minimum atomic E-state index is -0.787. The summed E-state index contributed by atoms with van der Waals surface area (Å²) in [5, 5.41) is 0. The SMILES string of the molecule is CC/C=C\C/C=C\C/C=C\C/C=C\C/C=C\CCCCCCCC(=O)OC(COC(=O)CCCCCCCCCCCCCCCC)COC(=O)CCCCCCCCCCCCCCCCC/C=C\C/C=C\CCCCCCC. The third-order valence-corrected chi connectivity index (χ3v) is 15.1. The van der Waals surface area contributed by atoms with Gasteiger partial charge in [-0.25, -0.2) is 0 Å². The minimum absolute atomic E-state index is 0.0808. The van der Waals surface area contributed by atoms with Crippen LogP contribution in [0.2, 0.25) is 0 Å². The van der Waals surface area contributed by atoms with Crippen LogP contribution in [-0.4, -0.2) is 37.2 Å². The Bertz CT molecular complexity index is 1520. The van der Waals surface area contributed by atoms with Gasteiger partial charge >= 0.3 is 17.9 Å². The Morgan fingerprint density at radius 2 is 0.487 bits per heavy atom. The van der Waals surface area contributed by atoms with Gasteiger partial charge in [-0.1, -0.05) is 318 Å². The van der Waals surface area contributed by atoms with E-state index >= 15 is 0 Å². The van der Waals surface area contributed by atoms with Crippen LogP contribution in [0.3, 0.4) is 0 Å². The Morgan fingerprint density at radius 1 is 0.263 bits per heavy atom. The fourth-order valence-electron chi connectivity index (χ4n) is 9.97. The molecule has 0 spiro atoms. The van der Waals surface area contributed by atoms with E-state index in [4.69, 9.17) is 14.2 Å². The van der Waals surface area contributed by atoms with E-state index in [0.717, 1.165) is 116 Å². The molecule has 0 fully saturated rings. The van der Waals surface area contributed by atoms with Crippen molar-refractivity contribution in [2.75, 3.05) is 13.2 Å². The lowest BCUT2D eigenvalue weighted by Crippen LogP contribution is -2.30. The van der Waals surface area contributed by atoms with Gasteiger partial charge in [0.25, 0.3) is 0 Å². The molecule has 0 aromatic carbocycles. The normalized spacial score (nSPS) is 12.6. The molecule has 0 N–H and O–H groups in total. The summed E-state index contributed by atoms with van der Waals surface area (Å²) in [6, 6.07) is 0. The monoisotopic (exact) mass is 1110 g/mol. The van der Waals surface area contributed by atoms with Gasteiger partial charge in [-0.15, -0.1) is 0 Å². The molecule has 0 aliphatic rings. The second-order valence-electron chi connectivity index (χ2n) is 23.1. The molecule has 80 heavy (non-hydrogen) atoms. The Balaban J connectivity index is 4.31.